The molecule has 1 heteroatoms. The maximum Gasteiger partial charge on any atom is 0.000397 e. The third kappa shape index (κ3) is 5.02. The van der Waals surface area contributed by atoms with E-state index in [1.165, 1.54) is 0 Å². The van der Waals surface area contributed by atoms with Crippen LogP contribution in [0.5, 0.6) is 0 Å². The first kappa shape index (κ1) is 6.02. The molecule has 0 aliphatic carbocycles. The van der Waals surface area contributed by atoms with Gasteiger partial charge in [0.25, 0.3) is 0 Å². The lowest BCUT2D eigenvalue weighted by molar-refractivity contribution is 1.20. The van der Waals surface area contributed by atoms with Crippen molar-refractivity contribution >= 4 is 0 Å². The summed E-state index contributed by atoms with van der Waals surface area (Å²) in [5.74, 6) is 0. The van der Waals surface area contributed by atoms with Crippen LogP contribution in [0.4, 0.5) is 0 Å². The highest BCUT2D eigenvalue weighted by atomic mass is 14.8. The minimum Gasteiger partial charge on any atom is -0.368 e. The molecule has 0 radical (unpaired) electrons. The summed E-state index contributed by atoms with van der Waals surface area (Å²) in [7, 11) is 0. The van der Waals surface area contributed by atoms with Gasteiger partial charge in [-0.15, -0.1) is 0 Å². The van der Waals surface area contributed by atoms with Gasteiger partial charge in [0.2, 0.25) is 0 Å². The van der Waals surface area contributed by atoms with E-state index in [1.807, 2.05) is 0 Å². The summed E-state index contributed by atoms with van der Waals surface area (Å²) in [5, 5.41) is 2.76. The quantitative estimate of drug-likeness (QED) is 0.523. The van der Waals surface area contributed by atoms with Gasteiger partial charge in [-0.1, -0.05) is 19.2 Å². The van der Waals surface area contributed by atoms with Crippen molar-refractivity contribution in [1.29, 1.82) is 0 Å². The minimum absolute atomic E-state index is 1.60. The second-order valence-electron chi connectivity index (χ2n) is 0.966. The lowest BCUT2D eigenvalue weighted by atomic mass is 10.6. The van der Waals surface area contributed by atoms with Crippen molar-refractivity contribution in [2.45, 2.75) is 0 Å². The zero-order chi connectivity index (χ0) is 5.54. The van der Waals surface area contributed by atoms with E-state index in [1.54, 1.807) is 24.6 Å². The second-order valence-corrected chi connectivity index (χ2v) is 0.966. The molecule has 7 heavy (non-hydrogen) atoms. The molecule has 0 aromatic heterocycles. The molecule has 0 unspecified atom stereocenters. The standard InChI is InChI=1S/C6H9N/c1-3-5-6-7-4-2/h3-7H,1-2H2. The van der Waals surface area contributed by atoms with Crippen LogP contribution in [0.25, 0.3) is 0 Å². The van der Waals surface area contributed by atoms with Gasteiger partial charge in [-0.25, -0.2) is 0 Å². The first-order valence-electron chi connectivity index (χ1n) is 2.06. The maximum atomic E-state index is 3.47. The Kier molecular flexibility index (Phi) is 4.32. The molecule has 0 atom stereocenters. The summed E-state index contributed by atoms with van der Waals surface area (Å²) in [4.78, 5) is 0. The Morgan fingerprint density at radius 2 is 2.00 bits per heavy atom. The SMILES string of the molecule is C=CC=CNC=C. The predicted molar refractivity (Wildman–Crippen MR) is 32.7 cm³/mol. The van der Waals surface area contributed by atoms with Crippen molar-refractivity contribution in [3.05, 3.63) is 37.7 Å². The Hall–Kier alpha value is -0.980. The van der Waals surface area contributed by atoms with Crippen LogP contribution in [0.15, 0.2) is 37.7 Å². The van der Waals surface area contributed by atoms with Crippen molar-refractivity contribution in [3.8, 4) is 0 Å². The average molecular weight is 95.1 g/mol. The largest absolute Gasteiger partial charge is 0.368 e. The molecule has 0 saturated heterocycles. The van der Waals surface area contributed by atoms with Crippen LogP contribution in [-0.4, -0.2) is 0 Å². The topological polar surface area (TPSA) is 12.0 Å². The monoisotopic (exact) mass is 95.1 g/mol. The number of nitrogens with one attached hydrogen (secondary N) is 1. The average Bonchev–Trinajstić information content (AvgIpc) is 1.69. The molecule has 38 valence electrons. The fourth-order valence-corrected chi connectivity index (χ4v) is 0.192. The molecule has 0 aliphatic rings. The van der Waals surface area contributed by atoms with Crippen molar-refractivity contribution < 1.29 is 0 Å². The van der Waals surface area contributed by atoms with Crippen LogP contribution >= 0.6 is 0 Å². The zero-order valence-electron chi connectivity index (χ0n) is 4.22. The fourth-order valence-electron chi connectivity index (χ4n) is 0.192. The molecule has 0 aliphatic heterocycles. The highest BCUT2D eigenvalue weighted by Crippen LogP contribution is 1.64. The Morgan fingerprint density at radius 3 is 2.43 bits per heavy atom. The molecular weight excluding hydrogens is 86.1 g/mol. The van der Waals surface area contributed by atoms with Gasteiger partial charge >= 0.3 is 0 Å². The Labute approximate surface area is 44.0 Å². The van der Waals surface area contributed by atoms with Gasteiger partial charge < -0.3 is 5.32 Å². The normalized spacial score (nSPS) is 8.57. The van der Waals surface area contributed by atoms with Crippen molar-refractivity contribution in [1.82, 2.24) is 5.32 Å². The van der Waals surface area contributed by atoms with E-state index in [2.05, 4.69) is 18.5 Å². The van der Waals surface area contributed by atoms with E-state index in [-0.39, 0.29) is 0 Å². The molecule has 0 heterocycles. The lowest BCUT2D eigenvalue weighted by Gasteiger charge is -1.79. The predicted octanol–water partition coefficient (Wildman–Crippen LogP) is 1.42. The van der Waals surface area contributed by atoms with E-state index in [0.717, 1.165) is 0 Å². The first-order chi connectivity index (χ1) is 3.41. The lowest BCUT2D eigenvalue weighted by Crippen LogP contribution is -1.87. The van der Waals surface area contributed by atoms with Gasteiger partial charge in [-0.2, -0.15) is 0 Å². The van der Waals surface area contributed by atoms with Crippen LogP contribution in [0.2, 0.25) is 0 Å². The molecule has 1 N–H and O–H groups in total. The van der Waals surface area contributed by atoms with Crippen molar-refractivity contribution in [2.75, 3.05) is 0 Å². The summed E-state index contributed by atoms with van der Waals surface area (Å²) in [6.45, 7) is 6.91. The molecule has 0 aromatic carbocycles. The van der Waals surface area contributed by atoms with Crippen molar-refractivity contribution in [2.24, 2.45) is 0 Å². The third-order valence-electron chi connectivity index (χ3n) is 0.446. The molecular formula is C6H9N. The molecule has 0 saturated carbocycles. The highest BCUT2D eigenvalue weighted by Gasteiger charge is 1.54. The van der Waals surface area contributed by atoms with Crippen LogP contribution in [0.1, 0.15) is 0 Å². The Bertz CT molecular complexity index is 82.2. The maximum absolute atomic E-state index is 3.47. The van der Waals surface area contributed by atoms with Gasteiger partial charge in [0, 0.05) is 6.20 Å². The smallest absolute Gasteiger partial charge is 0.000397 e. The molecule has 0 bridgehead atoms. The third-order valence-corrected chi connectivity index (χ3v) is 0.446. The minimum atomic E-state index is 1.60. The molecule has 0 amide bonds. The van der Waals surface area contributed by atoms with Crippen molar-refractivity contribution in [3.63, 3.8) is 0 Å². The summed E-state index contributed by atoms with van der Waals surface area (Å²) in [6, 6.07) is 0. The van der Waals surface area contributed by atoms with Gasteiger partial charge in [-0.3, -0.25) is 0 Å². The van der Waals surface area contributed by atoms with E-state index < -0.39 is 0 Å². The van der Waals surface area contributed by atoms with E-state index in [9.17, 15) is 0 Å². The molecule has 0 aromatic rings. The number of hydrogen-bond acceptors (Lipinski definition) is 1. The van der Waals surface area contributed by atoms with Gasteiger partial charge in [0.05, 0.1) is 0 Å². The van der Waals surface area contributed by atoms with E-state index in [0.29, 0.717) is 0 Å². The first-order valence-corrected chi connectivity index (χ1v) is 2.06. The van der Waals surface area contributed by atoms with Gasteiger partial charge in [0.1, 0.15) is 0 Å². The number of hydrogen-bond donors (Lipinski definition) is 1. The van der Waals surface area contributed by atoms with Crippen LogP contribution in [0.3, 0.4) is 0 Å². The summed E-state index contributed by atoms with van der Waals surface area (Å²) < 4.78 is 0. The summed E-state index contributed by atoms with van der Waals surface area (Å²) in [5.41, 5.74) is 0. The molecule has 0 fully saturated rings. The summed E-state index contributed by atoms with van der Waals surface area (Å²) >= 11 is 0. The number of allylic oxidation sites excluding steroid dienone is 2. The molecule has 1 nitrogen and oxygen atoms in total. The van der Waals surface area contributed by atoms with Crippen LogP contribution in [-0.2, 0) is 0 Å². The Balaban J connectivity index is 3.08. The zero-order valence-corrected chi connectivity index (χ0v) is 4.22. The highest BCUT2D eigenvalue weighted by molar-refractivity contribution is 4.97. The fraction of sp³-hybridized carbons (Fsp3) is 0. The van der Waals surface area contributed by atoms with Gasteiger partial charge in [0.15, 0.2) is 0 Å². The number of rotatable bonds is 3. The molecule has 0 spiro atoms. The Morgan fingerprint density at radius 1 is 1.29 bits per heavy atom. The molecule has 0 rings (SSSR count). The second kappa shape index (κ2) is 5.02. The van der Waals surface area contributed by atoms with Crippen LogP contribution < -0.4 is 5.32 Å². The van der Waals surface area contributed by atoms with E-state index >= 15 is 0 Å². The summed E-state index contributed by atoms with van der Waals surface area (Å²) in [6.07, 6.45) is 6.83. The van der Waals surface area contributed by atoms with E-state index in [4.69, 9.17) is 0 Å². The van der Waals surface area contributed by atoms with Crippen LogP contribution in [0, 0.1) is 0 Å². The van der Waals surface area contributed by atoms with Gasteiger partial charge in [-0.05, 0) is 12.3 Å².